The van der Waals surface area contributed by atoms with Crippen LogP contribution in [0, 0.1) is 0 Å². The Labute approximate surface area is 228 Å². The number of thiazole rings is 1. The predicted molar refractivity (Wildman–Crippen MR) is 152 cm³/mol. The molecular weight excluding hydrogens is 514 g/mol. The fraction of sp³-hybridized carbons (Fsp3) is 0.167. The molecule has 0 bridgehead atoms. The Morgan fingerprint density at radius 2 is 1.87 bits per heavy atom. The van der Waals surface area contributed by atoms with Crippen LogP contribution in [0.25, 0.3) is 21.2 Å². The number of hydrogen-bond donors (Lipinski definition) is 1. The molecule has 1 N–H and O–H groups in total. The first-order chi connectivity index (χ1) is 18.9. The molecule has 0 aliphatic carbocycles. The highest BCUT2D eigenvalue weighted by Gasteiger charge is 2.46. The zero-order valence-corrected chi connectivity index (χ0v) is 22.4. The van der Waals surface area contributed by atoms with Gasteiger partial charge in [0.25, 0.3) is 5.91 Å². The van der Waals surface area contributed by atoms with Crippen LogP contribution in [0.3, 0.4) is 0 Å². The molecule has 0 saturated carbocycles. The third-order valence-electron chi connectivity index (χ3n) is 6.69. The largest absolute Gasteiger partial charge is 0.503 e. The predicted octanol–water partition coefficient (Wildman–Crippen LogP) is 6.29. The van der Waals surface area contributed by atoms with Crippen LogP contribution in [0.2, 0.25) is 0 Å². The molecule has 8 nitrogen and oxygen atoms in total. The van der Waals surface area contributed by atoms with Crippen molar-refractivity contribution in [3.8, 4) is 5.75 Å². The first-order valence-electron chi connectivity index (χ1n) is 12.5. The number of Topliss-reactive ketones (excluding diaryl/α,β-unsaturated/α-hetero) is 1. The average molecular weight is 540 g/mol. The van der Waals surface area contributed by atoms with E-state index >= 15 is 0 Å². The van der Waals surface area contributed by atoms with Gasteiger partial charge in [-0.3, -0.25) is 14.5 Å². The van der Waals surface area contributed by atoms with Gasteiger partial charge in [-0.15, -0.1) is 0 Å². The summed E-state index contributed by atoms with van der Waals surface area (Å²) in [6, 6.07) is 21.0. The molecule has 3 aromatic carbocycles. The summed E-state index contributed by atoms with van der Waals surface area (Å²) in [4.78, 5) is 35.5. The van der Waals surface area contributed by atoms with Crippen molar-refractivity contribution in [2.24, 2.45) is 0 Å². The second-order valence-corrected chi connectivity index (χ2v) is 10.4. The smallest absolute Gasteiger partial charge is 0.296 e. The minimum atomic E-state index is -0.902. The molecule has 2 aromatic heterocycles. The number of anilines is 2. The zero-order valence-electron chi connectivity index (χ0n) is 21.5. The maximum absolute atomic E-state index is 13.9. The van der Waals surface area contributed by atoms with Crippen molar-refractivity contribution in [3.05, 3.63) is 95.5 Å². The molecule has 3 heterocycles. The highest BCUT2D eigenvalue weighted by Crippen LogP contribution is 2.45. The number of carbonyl (C=O) groups excluding carboxylic acids is 2. The molecule has 0 spiro atoms. The molecule has 1 atom stereocenters. The van der Waals surface area contributed by atoms with Crippen molar-refractivity contribution < 1.29 is 23.8 Å². The number of ether oxygens (including phenoxy) is 1. The minimum absolute atomic E-state index is 0.0490. The fourth-order valence-corrected chi connectivity index (χ4v) is 5.80. The van der Waals surface area contributed by atoms with Crippen LogP contribution in [0.5, 0.6) is 5.75 Å². The summed E-state index contributed by atoms with van der Waals surface area (Å²) < 4.78 is 12.3. The number of carbonyl (C=O) groups is 2. The number of ketones is 1. The number of para-hydroxylation sites is 1. The van der Waals surface area contributed by atoms with Crippen molar-refractivity contribution in [2.45, 2.75) is 13.0 Å². The van der Waals surface area contributed by atoms with Gasteiger partial charge >= 0.3 is 0 Å². The van der Waals surface area contributed by atoms with Gasteiger partial charge in [-0.2, -0.15) is 0 Å². The molecule has 0 saturated heterocycles. The summed E-state index contributed by atoms with van der Waals surface area (Å²) in [5.41, 5.74) is 2.80. The lowest BCUT2D eigenvalue weighted by molar-refractivity contribution is -0.117. The molecule has 5 aromatic rings. The number of aliphatic hydroxyl groups excluding tert-OH is 1. The molecule has 0 fully saturated rings. The second-order valence-electron chi connectivity index (χ2n) is 9.36. The standard InChI is InChI=1S/C30H25N3O5S/c1-4-37-20-13-14-21-24(16-20)39-30(31-21)33-26(17-9-11-19(12-10-17)32(2)3)25(28(35)29(33)36)27(34)23-15-18-7-5-6-8-22(18)38-23/h5-16,26,35H,4H2,1-3H3/t26-/m0/s1. The van der Waals surface area contributed by atoms with E-state index in [4.69, 9.17) is 14.1 Å². The van der Waals surface area contributed by atoms with Crippen molar-refractivity contribution in [3.63, 3.8) is 0 Å². The normalized spacial score (nSPS) is 15.5. The van der Waals surface area contributed by atoms with Crippen LogP contribution in [-0.4, -0.2) is 42.5 Å². The number of benzene rings is 3. The zero-order chi connectivity index (χ0) is 27.3. The molecule has 0 unspecified atom stereocenters. The lowest BCUT2D eigenvalue weighted by atomic mass is 9.95. The number of amides is 1. The van der Waals surface area contributed by atoms with E-state index < -0.39 is 23.5 Å². The van der Waals surface area contributed by atoms with E-state index in [1.165, 1.54) is 16.2 Å². The lowest BCUT2D eigenvalue weighted by Gasteiger charge is -2.25. The molecule has 6 rings (SSSR count). The Morgan fingerprint density at radius 1 is 1.10 bits per heavy atom. The quantitative estimate of drug-likeness (QED) is 0.243. The van der Waals surface area contributed by atoms with Crippen molar-refractivity contribution in [1.82, 2.24) is 4.98 Å². The summed E-state index contributed by atoms with van der Waals surface area (Å²) in [7, 11) is 3.86. The Kier molecular flexibility index (Phi) is 6.07. The van der Waals surface area contributed by atoms with E-state index in [2.05, 4.69) is 0 Å². The van der Waals surface area contributed by atoms with E-state index in [0.29, 0.717) is 34.2 Å². The van der Waals surface area contributed by atoms with E-state index in [9.17, 15) is 14.7 Å². The highest BCUT2D eigenvalue weighted by atomic mass is 32.1. The Hall–Kier alpha value is -4.63. The molecule has 1 amide bonds. The van der Waals surface area contributed by atoms with Crippen LogP contribution in [0.1, 0.15) is 29.1 Å². The number of aromatic nitrogens is 1. The Morgan fingerprint density at radius 3 is 2.59 bits per heavy atom. The topological polar surface area (TPSA) is 96.1 Å². The molecule has 1 aliphatic rings. The van der Waals surface area contributed by atoms with Crippen LogP contribution < -0.4 is 14.5 Å². The van der Waals surface area contributed by atoms with Gasteiger partial charge in [0.1, 0.15) is 11.3 Å². The average Bonchev–Trinajstić information content (AvgIpc) is 3.62. The molecule has 1 aliphatic heterocycles. The number of fused-ring (bicyclic) bond motifs is 2. The molecule has 9 heteroatoms. The third kappa shape index (κ3) is 4.21. The number of nitrogens with zero attached hydrogens (tertiary/aromatic N) is 3. The van der Waals surface area contributed by atoms with Gasteiger partial charge in [0, 0.05) is 25.2 Å². The van der Waals surface area contributed by atoms with Gasteiger partial charge in [0.05, 0.1) is 28.4 Å². The summed E-state index contributed by atoms with van der Waals surface area (Å²) in [5.74, 6) is -1.11. The van der Waals surface area contributed by atoms with Gasteiger partial charge in [-0.1, -0.05) is 41.7 Å². The van der Waals surface area contributed by atoms with Crippen molar-refractivity contribution >= 4 is 55.0 Å². The maximum atomic E-state index is 13.9. The van der Waals surface area contributed by atoms with Crippen LogP contribution in [0.15, 0.2) is 88.5 Å². The van der Waals surface area contributed by atoms with E-state index in [0.717, 1.165) is 15.8 Å². The summed E-state index contributed by atoms with van der Waals surface area (Å²) in [6.07, 6.45) is 0. The molecule has 0 radical (unpaired) electrons. The van der Waals surface area contributed by atoms with E-state index in [-0.39, 0.29) is 11.3 Å². The van der Waals surface area contributed by atoms with Crippen LogP contribution >= 0.6 is 11.3 Å². The number of furan rings is 1. The number of rotatable bonds is 7. The van der Waals surface area contributed by atoms with Gasteiger partial charge in [0.15, 0.2) is 16.7 Å². The number of hydrogen-bond acceptors (Lipinski definition) is 8. The Bertz CT molecular complexity index is 1730. The molecular formula is C30H25N3O5S. The fourth-order valence-electron chi connectivity index (χ4n) is 4.78. The van der Waals surface area contributed by atoms with Gasteiger partial charge < -0.3 is 19.2 Å². The van der Waals surface area contributed by atoms with Crippen LogP contribution in [0.4, 0.5) is 10.8 Å². The first kappa shape index (κ1) is 24.7. The van der Waals surface area contributed by atoms with E-state index in [1.54, 1.807) is 12.1 Å². The summed E-state index contributed by atoms with van der Waals surface area (Å²) in [5, 5.41) is 12.3. The van der Waals surface area contributed by atoms with Crippen LogP contribution in [-0.2, 0) is 4.79 Å². The van der Waals surface area contributed by atoms with Gasteiger partial charge in [-0.25, -0.2) is 4.98 Å². The van der Waals surface area contributed by atoms with Gasteiger partial charge in [0.2, 0.25) is 5.78 Å². The van der Waals surface area contributed by atoms with Gasteiger partial charge in [-0.05, 0) is 55.0 Å². The highest BCUT2D eigenvalue weighted by molar-refractivity contribution is 7.22. The molecule has 196 valence electrons. The minimum Gasteiger partial charge on any atom is -0.503 e. The monoisotopic (exact) mass is 539 g/mol. The summed E-state index contributed by atoms with van der Waals surface area (Å²) >= 11 is 1.29. The van der Waals surface area contributed by atoms with E-state index in [1.807, 2.05) is 86.6 Å². The Balaban J connectivity index is 1.48. The third-order valence-corrected chi connectivity index (χ3v) is 7.71. The maximum Gasteiger partial charge on any atom is 0.296 e. The first-order valence-corrected chi connectivity index (χ1v) is 13.3. The van der Waals surface area contributed by atoms with Crippen molar-refractivity contribution in [1.29, 1.82) is 0 Å². The molecule has 39 heavy (non-hydrogen) atoms. The second kappa shape index (κ2) is 9.59. The van der Waals surface area contributed by atoms with Crippen molar-refractivity contribution in [2.75, 3.05) is 30.5 Å². The lowest BCUT2D eigenvalue weighted by Crippen LogP contribution is -2.31. The SMILES string of the molecule is CCOc1ccc2nc(N3C(=O)C(O)=C(C(=O)c4cc5ccccc5o4)[C@@H]3c3ccc(N(C)C)cc3)sc2c1. The summed E-state index contributed by atoms with van der Waals surface area (Å²) in [6.45, 7) is 2.43. The number of aliphatic hydroxyl groups is 1.